The molecule has 0 amide bonds. The number of hydrogen-bond acceptors (Lipinski definition) is 6. The highest BCUT2D eigenvalue weighted by atomic mass is 32.2. The smallest absolute Gasteiger partial charge is 0.238 e. The summed E-state index contributed by atoms with van der Waals surface area (Å²) in [5.74, 6) is 0.624. The molecule has 9 heteroatoms. The maximum absolute atomic E-state index is 11.5. The van der Waals surface area contributed by atoms with E-state index in [0.717, 1.165) is 0 Å². The maximum Gasteiger partial charge on any atom is 0.238 e. The molecule has 0 aliphatic rings. The van der Waals surface area contributed by atoms with E-state index in [1.807, 2.05) is 0 Å². The van der Waals surface area contributed by atoms with E-state index >= 15 is 0 Å². The first kappa shape index (κ1) is 13.3. The fraction of sp³-hybridized carbons (Fsp3) is 0.200. The minimum absolute atomic E-state index is 0.00701. The fourth-order valence-corrected chi connectivity index (χ4v) is 2.52. The maximum atomic E-state index is 11.5. The van der Waals surface area contributed by atoms with Crippen molar-refractivity contribution in [3.63, 3.8) is 0 Å². The Labute approximate surface area is 110 Å². The average Bonchev–Trinajstić information content (AvgIpc) is 2.81. The molecule has 2 aromatic rings. The van der Waals surface area contributed by atoms with Crippen molar-refractivity contribution >= 4 is 21.4 Å². The van der Waals surface area contributed by atoms with E-state index in [9.17, 15) is 8.42 Å². The molecule has 1 aromatic carbocycles. The Balaban J connectivity index is 2.33. The van der Waals surface area contributed by atoms with Gasteiger partial charge in [-0.15, -0.1) is 0 Å². The summed E-state index contributed by atoms with van der Waals surface area (Å²) >= 11 is 0. The molecule has 102 valence electrons. The van der Waals surface area contributed by atoms with Crippen LogP contribution in [0.2, 0.25) is 0 Å². The van der Waals surface area contributed by atoms with Crippen molar-refractivity contribution in [1.82, 2.24) is 15.2 Å². The highest BCUT2D eigenvalue weighted by molar-refractivity contribution is 7.89. The van der Waals surface area contributed by atoms with E-state index in [-0.39, 0.29) is 4.90 Å². The van der Waals surface area contributed by atoms with Gasteiger partial charge in [-0.2, -0.15) is 5.10 Å². The Morgan fingerprint density at radius 2 is 2.16 bits per heavy atom. The second-order valence-electron chi connectivity index (χ2n) is 4.02. The van der Waals surface area contributed by atoms with Gasteiger partial charge in [0.25, 0.3) is 0 Å². The third kappa shape index (κ3) is 3.01. The van der Waals surface area contributed by atoms with Gasteiger partial charge in [-0.05, 0) is 24.6 Å². The molecule has 0 radical (unpaired) electrons. The molecule has 1 aromatic heterocycles. The van der Waals surface area contributed by atoms with Crippen LogP contribution in [0.4, 0.5) is 11.4 Å². The zero-order chi connectivity index (χ0) is 14.0. The van der Waals surface area contributed by atoms with Crippen molar-refractivity contribution in [3.05, 3.63) is 29.8 Å². The standard InChI is InChI=1S/C10H14N6O2S/c1-6-8(13-4-10-14-5-15-16-10)2-7(11)3-9(6)19(12,17)18/h2-3,5,13H,4,11H2,1H3,(H2,12,17,18)(H,14,15,16). The van der Waals surface area contributed by atoms with Crippen LogP contribution >= 0.6 is 0 Å². The molecule has 0 aliphatic carbocycles. The number of hydrogen-bond donors (Lipinski definition) is 4. The number of sulfonamides is 1. The molecule has 0 aliphatic heterocycles. The molecule has 8 nitrogen and oxygen atoms in total. The summed E-state index contributed by atoms with van der Waals surface area (Å²) in [5.41, 5.74) is 7.09. The molecule has 0 unspecified atom stereocenters. The van der Waals surface area contributed by atoms with Crippen LogP contribution in [0, 0.1) is 6.92 Å². The van der Waals surface area contributed by atoms with Crippen LogP contribution in [0.3, 0.4) is 0 Å². The Morgan fingerprint density at radius 3 is 2.74 bits per heavy atom. The largest absolute Gasteiger partial charge is 0.399 e. The van der Waals surface area contributed by atoms with Crippen molar-refractivity contribution in [2.75, 3.05) is 11.1 Å². The third-order valence-corrected chi connectivity index (χ3v) is 3.64. The van der Waals surface area contributed by atoms with Gasteiger partial charge in [-0.25, -0.2) is 18.5 Å². The first-order valence-corrected chi connectivity index (χ1v) is 6.93. The number of rotatable bonds is 4. The molecule has 0 saturated carbocycles. The lowest BCUT2D eigenvalue weighted by molar-refractivity contribution is 0.597. The van der Waals surface area contributed by atoms with Crippen LogP contribution < -0.4 is 16.2 Å². The molecule has 6 N–H and O–H groups in total. The Kier molecular flexibility index (Phi) is 3.40. The molecular formula is C10H14N6O2S. The number of benzene rings is 1. The summed E-state index contributed by atoms with van der Waals surface area (Å²) in [4.78, 5) is 3.96. The first-order valence-electron chi connectivity index (χ1n) is 5.39. The number of H-pyrrole nitrogens is 1. The summed E-state index contributed by atoms with van der Waals surface area (Å²) in [6, 6.07) is 2.98. The van der Waals surface area contributed by atoms with Crippen LogP contribution in [-0.4, -0.2) is 23.6 Å². The Bertz CT molecular complexity index is 680. The number of anilines is 2. The van der Waals surface area contributed by atoms with E-state index in [2.05, 4.69) is 20.5 Å². The molecule has 0 saturated heterocycles. The first-order chi connectivity index (χ1) is 8.88. The van der Waals surface area contributed by atoms with Crippen LogP contribution in [0.5, 0.6) is 0 Å². The van der Waals surface area contributed by atoms with Crippen molar-refractivity contribution in [2.24, 2.45) is 5.14 Å². The minimum Gasteiger partial charge on any atom is -0.399 e. The lowest BCUT2D eigenvalue weighted by Crippen LogP contribution is -2.15. The zero-order valence-corrected chi connectivity index (χ0v) is 11.0. The number of nitrogens with two attached hydrogens (primary N) is 2. The lowest BCUT2D eigenvalue weighted by Gasteiger charge is -2.12. The van der Waals surface area contributed by atoms with Crippen molar-refractivity contribution in [3.8, 4) is 0 Å². The monoisotopic (exact) mass is 282 g/mol. The van der Waals surface area contributed by atoms with Gasteiger partial charge >= 0.3 is 0 Å². The van der Waals surface area contributed by atoms with Crippen LogP contribution in [0.15, 0.2) is 23.4 Å². The predicted molar refractivity (Wildman–Crippen MR) is 70.7 cm³/mol. The number of aromatic nitrogens is 3. The predicted octanol–water partition coefficient (Wildman–Crippen LogP) is -0.0452. The normalized spacial score (nSPS) is 11.5. The highest BCUT2D eigenvalue weighted by Crippen LogP contribution is 2.26. The number of nitrogens with zero attached hydrogens (tertiary/aromatic N) is 2. The Morgan fingerprint density at radius 1 is 1.42 bits per heavy atom. The molecule has 0 atom stereocenters. The molecule has 0 bridgehead atoms. The summed E-state index contributed by atoms with van der Waals surface area (Å²) in [7, 11) is -3.81. The van der Waals surface area contributed by atoms with Crippen LogP contribution in [0.1, 0.15) is 11.4 Å². The molecule has 19 heavy (non-hydrogen) atoms. The summed E-state index contributed by atoms with van der Waals surface area (Å²) in [6.07, 6.45) is 1.39. The van der Waals surface area contributed by atoms with Gasteiger partial charge in [0.1, 0.15) is 12.2 Å². The van der Waals surface area contributed by atoms with Crippen molar-refractivity contribution in [2.45, 2.75) is 18.4 Å². The van der Waals surface area contributed by atoms with Crippen LogP contribution in [-0.2, 0) is 16.6 Å². The molecule has 0 fully saturated rings. The second-order valence-corrected chi connectivity index (χ2v) is 5.55. The van der Waals surface area contributed by atoms with Crippen molar-refractivity contribution < 1.29 is 8.42 Å². The van der Waals surface area contributed by atoms with E-state index in [0.29, 0.717) is 29.3 Å². The van der Waals surface area contributed by atoms with E-state index < -0.39 is 10.0 Å². The second kappa shape index (κ2) is 4.86. The van der Waals surface area contributed by atoms with Crippen LogP contribution in [0.25, 0.3) is 0 Å². The molecule has 1 heterocycles. The lowest BCUT2D eigenvalue weighted by atomic mass is 10.2. The topological polar surface area (TPSA) is 140 Å². The zero-order valence-electron chi connectivity index (χ0n) is 10.2. The number of nitrogens with one attached hydrogen (secondary N) is 2. The summed E-state index contributed by atoms with van der Waals surface area (Å²) in [5, 5.41) is 14.6. The molecular weight excluding hydrogens is 268 g/mol. The highest BCUT2D eigenvalue weighted by Gasteiger charge is 2.15. The summed E-state index contributed by atoms with van der Waals surface area (Å²) < 4.78 is 22.9. The quantitative estimate of drug-likeness (QED) is 0.580. The molecule has 2 rings (SSSR count). The number of aromatic amines is 1. The van der Waals surface area contributed by atoms with Crippen molar-refractivity contribution in [1.29, 1.82) is 0 Å². The van der Waals surface area contributed by atoms with Gasteiger partial charge in [0.2, 0.25) is 10.0 Å². The average molecular weight is 282 g/mol. The van der Waals surface area contributed by atoms with Gasteiger partial charge in [0.15, 0.2) is 0 Å². The van der Waals surface area contributed by atoms with Gasteiger partial charge in [-0.3, -0.25) is 5.10 Å². The van der Waals surface area contributed by atoms with Gasteiger partial charge in [0.05, 0.1) is 11.4 Å². The van der Waals surface area contributed by atoms with E-state index in [1.54, 1.807) is 13.0 Å². The summed E-state index contributed by atoms with van der Waals surface area (Å²) in [6.45, 7) is 2.02. The Hall–Kier alpha value is -2.13. The van der Waals surface area contributed by atoms with Gasteiger partial charge in [0, 0.05) is 11.4 Å². The van der Waals surface area contributed by atoms with E-state index in [1.165, 1.54) is 12.4 Å². The van der Waals surface area contributed by atoms with E-state index in [4.69, 9.17) is 10.9 Å². The number of nitrogen functional groups attached to an aromatic ring is 1. The fourth-order valence-electron chi connectivity index (χ4n) is 1.68. The third-order valence-electron chi connectivity index (χ3n) is 2.60. The number of primary sulfonamides is 1. The minimum atomic E-state index is -3.81. The van der Waals surface area contributed by atoms with Gasteiger partial charge < -0.3 is 11.1 Å². The molecule has 0 spiro atoms. The van der Waals surface area contributed by atoms with Gasteiger partial charge in [-0.1, -0.05) is 0 Å². The SMILES string of the molecule is Cc1c(NCc2ncn[nH]2)cc(N)cc1S(N)(=O)=O.